The number of rotatable bonds is 8. The molecule has 0 saturated heterocycles. The zero-order valence-corrected chi connectivity index (χ0v) is 17.5. The van der Waals surface area contributed by atoms with Gasteiger partial charge in [-0.25, -0.2) is 4.99 Å². The molecule has 1 amide bonds. The van der Waals surface area contributed by atoms with Crippen molar-refractivity contribution in [1.29, 1.82) is 0 Å². The molecule has 0 fully saturated rings. The fourth-order valence-corrected chi connectivity index (χ4v) is 2.28. The number of hydrogen-bond donors (Lipinski definition) is 3. The first-order valence-electron chi connectivity index (χ1n) is 8.29. The number of carbonyl (C=O) groups is 1. The van der Waals surface area contributed by atoms with Crippen LogP contribution < -0.4 is 16.4 Å². The van der Waals surface area contributed by atoms with Gasteiger partial charge in [-0.15, -0.1) is 24.0 Å². The fraction of sp³-hybridized carbons (Fsp3) is 0.556. The number of guanidine groups is 1. The van der Waals surface area contributed by atoms with Crippen molar-refractivity contribution in [3.05, 3.63) is 35.4 Å². The van der Waals surface area contributed by atoms with Crippen LogP contribution in [0.4, 0.5) is 0 Å². The van der Waals surface area contributed by atoms with Crippen molar-refractivity contribution in [2.45, 2.75) is 52.6 Å². The minimum absolute atomic E-state index is 0. The van der Waals surface area contributed by atoms with Gasteiger partial charge in [-0.2, -0.15) is 0 Å². The molecule has 0 saturated carbocycles. The van der Waals surface area contributed by atoms with Crippen LogP contribution in [-0.2, 0) is 6.54 Å². The second-order valence-corrected chi connectivity index (χ2v) is 6.35. The zero-order valence-electron chi connectivity index (χ0n) is 15.1. The van der Waals surface area contributed by atoms with E-state index in [1.807, 2.05) is 12.1 Å². The van der Waals surface area contributed by atoms with Gasteiger partial charge in [-0.05, 0) is 37.0 Å². The lowest BCUT2D eigenvalue weighted by atomic mass is 10.0. The van der Waals surface area contributed by atoms with Crippen molar-refractivity contribution in [3.63, 3.8) is 0 Å². The number of nitrogens with zero attached hydrogens (tertiary/aromatic N) is 1. The first kappa shape index (κ1) is 22.7. The number of amides is 1. The van der Waals surface area contributed by atoms with E-state index in [1.54, 1.807) is 19.2 Å². The van der Waals surface area contributed by atoms with Gasteiger partial charge < -0.3 is 16.4 Å². The van der Waals surface area contributed by atoms with Gasteiger partial charge in [0.1, 0.15) is 0 Å². The van der Waals surface area contributed by atoms with Gasteiger partial charge in [0.05, 0.1) is 6.54 Å². The molecule has 0 bridgehead atoms. The maximum Gasteiger partial charge on any atom is 0.251 e. The van der Waals surface area contributed by atoms with Crippen LogP contribution in [0.5, 0.6) is 0 Å². The second-order valence-electron chi connectivity index (χ2n) is 6.35. The van der Waals surface area contributed by atoms with Gasteiger partial charge >= 0.3 is 0 Å². The summed E-state index contributed by atoms with van der Waals surface area (Å²) in [7, 11) is 1.62. The SMILES string of the molecule is CNC(=O)c1ccc(CN=C(N)NC(C)CCCC(C)C)cc1.I. The van der Waals surface area contributed by atoms with Gasteiger partial charge in [-0.1, -0.05) is 38.8 Å². The molecule has 1 atom stereocenters. The Hall–Kier alpha value is -1.31. The number of halogens is 1. The van der Waals surface area contributed by atoms with Crippen LogP contribution in [0.15, 0.2) is 29.3 Å². The summed E-state index contributed by atoms with van der Waals surface area (Å²) in [5, 5.41) is 5.83. The van der Waals surface area contributed by atoms with Crippen molar-refractivity contribution in [1.82, 2.24) is 10.6 Å². The van der Waals surface area contributed by atoms with Crippen LogP contribution in [0.3, 0.4) is 0 Å². The molecule has 0 heterocycles. The summed E-state index contributed by atoms with van der Waals surface area (Å²) in [4.78, 5) is 15.8. The van der Waals surface area contributed by atoms with Crippen LogP contribution in [-0.4, -0.2) is 25.0 Å². The molecule has 0 radical (unpaired) electrons. The molecule has 0 aliphatic rings. The van der Waals surface area contributed by atoms with Gasteiger partial charge in [0.15, 0.2) is 5.96 Å². The van der Waals surface area contributed by atoms with E-state index >= 15 is 0 Å². The van der Waals surface area contributed by atoms with E-state index in [1.165, 1.54) is 12.8 Å². The van der Waals surface area contributed by atoms with Crippen molar-refractivity contribution in [2.75, 3.05) is 7.05 Å². The quantitative estimate of drug-likeness (QED) is 0.326. The Morgan fingerprint density at radius 2 is 1.79 bits per heavy atom. The molecule has 1 rings (SSSR count). The molecule has 0 aliphatic carbocycles. The number of carbonyl (C=O) groups excluding carboxylic acids is 1. The summed E-state index contributed by atoms with van der Waals surface area (Å²) in [6.45, 7) is 7.11. The first-order chi connectivity index (χ1) is 10.9. The molecule has 6 heteroatoms. The lowest BCUT2D eigenvalue weighted by Crippen LogP contribution is -2.38. The van der Waals surface area contributed by atoms with E-state index in [0.29, 0.717) is 24.1 Å². The van der Waals surface area contributed by atoms with E-state index in [-0.39, 0.29) is 29.9 Å². The molecule has 0 aliphatic heterocycles. The predicted octanol–water partition coefficient (Wildman–Crippen LogP) is 3.28. The molecule has 5 nitrogen and oxygen atoms in total. The molecule has 1 unspecified atom stereocenters. The molecule has 0 aromatic heterocycles. The van der Waals surface area contributed by atoms with Crippen molar-refractivity contribution < 1.29 is 4.79 Å². The largest absolute Gasteiger partial charge is 0.370 e. The summed E-state index contributed by atoms with van der Waals surface area (Å²) in [5.41, 5.74) is 7.60. The van der Waals surface area contributed by atoms with Crippen LogP contribution in [0.1, 0.15) is 56.0 Å². The summed E-state index contributed by atoms with van der Waals surface area (Å²) >= 11 is 0. The Balaban J connectivity index is 0.00000529. The summed E-state index contributed by atoms with van der Waals surface area (Å²) in [6.07, 6.45) is 3.52. The van der Waals surface area contributed by atoms with Gasteiger partial charge in [0.2, 0.25) is 0 Å². The highest BCUT2D eigenvalue weighted by Crippen LogP contribution is 2.08. The van der Waals surface area contributed by atoms with Gasteiger partial charge in [0.25, 0.3) is 5.91 Å². The number of aliphatic imine (C=N–C) groups is 1. The minimum Gasteiger partial charge on any atom is -0.370 e. The third-order valence-corrected chi connectivity index (χ3v) is 3.69. The van der Waals surface area contributed by atoms with Crippen molar-refractivity contribution in [3.8, 4) is 0 Å². The summed E-state index contributed by atoms with van der Waals surface area (Å²) in [6, 6.07) is 7.71. The third kappa shape index (κ3) is 9.10. The van der Waals surface area contributed by atoms with Crippen LogP contribution >= 0.6 is 24.0 Å². The third-order valence-electron chi connectivity index (χ3n) is 3.69. The molecular weight excluding hydrogens is 415 g/mol. The Labute approximate surface area is 162 Å². The number of benzene rings is 1. The lowest BCUT2D eigenvalue weighted by Gasteiger charge is -2.15. The average Bonchev–Trinajstić information content (AvgIpc) is 2.52. The van der Waals surface area contributed by atoms with Crippen molar-refractivity contribution >= 4 is 35.8 Å². The average molecular weight is 446 g/mol. The topological polar surface area (TPSA) is 79.5 Å². The Morgan fingerprint density at radius 1 is 1.17 bits per heavy atom. The highest BCUT2D eigenvalue weighted by Gasteiger charge is 2.04. The van der Waals surface area contributed by atoms with E-state index in [4.69, 9.17) is 5.73 Å². The lowest BCUT2D eigenvalue weighted by molar-refractivity contribution is 0.0963. The number of nitrogens with two attached hydrogens (primary N) is 1. The maximum atomic E-state index is 11.5. The summed E-state index contributed by atoms with van der Waals surface area (Å²) < 4.78 is 0. The minimum atomic E-state index is -0.0866. The smallest absolute Gasteiger partial charge is 0.251 e. The second kappa shape index (κ2) is 12.1. The molecule has 1 aromatic rings. The Bertz CT molecular complexity index is 514. The number of nitrogens with one attached hydrogen (secondary N) is 2. The molecule has 0 spiro atoms. The molecule has 4 N–H and O–H groups in total. The number of hydrogen-bond acceptors (Lipinski definition) is 2. The standard InChI is InChI=1S/C18H30N4O.HI/c1-13(2)6-5-7-14(3)22-18(19)21-12-15-8-10-16(11-9-15)17(23)20-4;/h8-11,13-14H,5-7,12H2,1-4H3,(H,20,23)(H3,19,21,22);1H. The Kier molecular flexibility index (Phi) is 11.4. The highest BCUT2D eigenvalue weighted by atomic mass is 127. The predicted molar refractivity (Wildman–Crippen MR) is 112 cm³/mol. The summed E-state index contributed by atoms with van der Waals surface area (Å²) in [5.74, 6) is 1.12. The monoisotopic (exact) mass is 446 g/mol. The normalized spacial score (nSPS) is 12.5. The van der Waals surface area contributed by atoms with Gasteiger partial charge in [0, 0.05) is 18.7 Å². The molecule has 136 valence electrons. The Morgan fingerprint density at radius 3 is 2.33 bits per heavy atom. The van der Waals surface area contributed by atoms with E-state index < -0.39 is 0 Å². The van der Waals surface area contributed by atoms with E-state index in [2.05, 4.69) is 36.4 Å². The first-order valence-corrected chi connectivity index (χ1v) is 8.29. The fourth-order valence-electron chi connectivity index (χ4n) is 2.28. The maximum absolute atomic E-state index is 11.5. The van der Waals surface area contributed by atoms with Gasteiger partial charge in [-0.3, -0.25) is 4.79 Å². The van der Waals surface area contributed by atoms with E-state index in [9.17, 15) is 4.79 Å². The molecule has 1 aromatic carbocycles. The molecular formula is C18H31IN4O. The van der Waals surface area contributed by atoms with Crippen LogP contribution in [0.25, 0.3) is 0 Å². The zero-order chi connectivity index (χ0) is 17.2. The molecule has 24 heavy (non-hydrogen) atoms. The van der Waals surface area contributed by atoms with Crippen molar-refractivity contribution in [2.24, 2.45) is 16.6 Å². The van der Waals surface area contributed by atoms with Crippen LogP contribution in [0.2, 0.25) is 0 Å². The van der Waals surface area contributed by atoms with E-state index in [0.717, 1.165) is 17.9 Å². The highest BCUT2D eigenvalue weighted by molar-refractivity contribution is 14.0. The van der Waals surface area contributed by atoms with Crippen LogP contribution in [0, 0.1) is 5.92 Å².